The van der Waals surface area contributed by atoms with Crippen molar-refractivity contribution in [3.8, 4) is 5.75 Å². The topological polar surface area (TPSA) is 120 Å². The molecule has 0 spiro atoms. The zero-order chi connectivity index (χ0) is 20.0. The molecule has 0 radical (unpaired) electrons. The van der Waals surface area contributed by atoms with Crippen molar-refractivity contribution in [1.82, 2.24) is 0 Å². The van der Waals surface area contributed by atoms with Gasteiger partial charge < -0.3 is 25.8 Å². The predicted molar refractivity (Wildman–Crippen MR) is 101 cm³/mol. The average Bonchev–Trinajstić information content (AvgIpc) is 2.61. The van der Waals surface area contributed by atoms with E-state index in [0.717, 1.165) is 5.56 Å². The van der Waals surface area contributed by atoms with Crippen LogP contribution < -0.4 is 21.1 Å². The number of benzene rings is 2. The second-order valence-electron chi connectivity index (χ2n) is 5.81. The van der Waals surface area contributed by atoms with Crippen molar-refractivity contribution in [2.45, 2.75) is 20.0 Å². The van der Waals surface area contributed by atoms with E-state index in [9.17, 15) is 14.4 Å². The first-order chi connectivity index (χ1) is 12.8. The van der Waals surface area contributed by atoms with Gasteiger partial charge in [0.25, 0.3) is 5.91 Å². The summed E-state index contributed by atoms with van der Waals surface area (Å²) in [6.07, 6.45) is -1.05. The Morgan fingerprint density at radius 2 is 1.81 bits per heavy atom. The van der Waals surface area contributed by atoms with Gasteiger partial charge in [0.1, 0.15) is 5.75 Å². The summed E-state index contributed by atoms with van der Waals surface area (Å²) in [5, 5.41) is 5.05. The van der Waals surface area contributed by atoms with Crippen molar-refractivity contribution in [3.05, 3.63) is 53.6 Å². The van der Waals surface area contributed by atoms with Crippen LogP contribution in [0.4, 0.5) is 16.2 Å². The van der Waals surface area contributed by atoms with Crippen molar-refractivity contribution in [2.75, 3.05) is 17.7 Å². The highest BCUT2D eigenvalue weighted by atomic mass is 16.5. The van der Waals surface area contributed by atoms with Crippen LogP contribution in [0.3, 0.4) is 0 Å². The fourth-order valence-electron chi connectivity index (χ4n) is 2.30. The quantitative estimate of drug-likeness (QED) is 0.674. The van der Waals surface area contributed by atoms with Crippen LogP contribution in [0.25, 0.3) is 0 Å². The maximum Gasteiger partial charge on any atom is 0.338 e. The highest BCUT2D eigenvalue weighted by Gasteiger charge is 2.20. The van der Waals surface area contributed by atoms with E-state index in [1.54, 1.807) is 24.3 Å². The van der Waals surface area contributed by atoms with Gasteiger partial charge in [-0.05, 0) is 49.7 Å². The molecule has 27 heavy (non-hydrogen) atoms. The number of ether oxygens (including phenoxy) is 2. The van der Waals surface area contributed by atoms with Crippen molar-refractivity contribution in [1.29, 1.82) is 0 Å². The molecule has 3 amide bonds. The molecule has 0 aromatic heterocycles. The molecule has 0 aliphatic rings. The number of hydrogen-bond acceptors (Lipinski definition) is 5. The van der Waals surface area contributed by atoms with Gasteiger partial charge in [0.05, 0.1) is 18.4 Å². The molecule has 8 nitrogen and oxygen atoms in total. The number of nitrogens with two attached hydrogens (primary N) is 1. The van der Waals surface area contributed by atoms with Gasteiger partial charge in [-0.25, -0.2) is 9.59 Å². The van der Waals surface area contributed by atoms with Crippen molar-refractivity contribution >= 4 is 29.3 Å². The highest BCUT2D eigenvalue weighted by Crippen LogP contribution is 2.25. The molecule has 0 fully saturated rings. The summed E-state index contributed by atoms with van der Waals surface area (Å²) in [4.78, 5) is 35.5. The van der Waals surface area contributed by atoms with Gasteiger partial charge in [-0.2, -0.15) is 0 Å². The predicted octanol–water partition coefficient (Wildman–Crippen LogP) is 2.68. The Hall–Kier alpha value is -3.55. The Morgan fingerprint density at radius 1 is 1.07 bits per heavy atom. The van der Waals surface area contributed by atoms with Crippen LogP contribution >= 0.6 is 0 Å². The minimum absolute atomic E-state index is 0.175. The molecule has 2 aromatic rings. The molecule has 8 heteroatoms. The SMILES string of the molecule is COc1ccc(C)cc1NC(=O)C(C)OC(=O)c1cccc(NC(N)=O)c1. The maximum atomic E-state index is 12.4. The van der Waals surface area contributed by atoms with Gasteiger partial charge in [0, 0.05) is 5.69 Å². The van der Waals surface area contributed by atoms with Gasteiger partial charge in [0.2, 0.25) is 0 Å². The summed E-state index contributed by atoms with van der Waals surface area (Å²) in [5.41, 5.74) is 6.99. The zero-order valence-corrected chi connectivity index (χ0v) is 15.2. The lowest BCUT2D eigenvalue weighted by molar-refractivity contribution is -0.123. The zero-order valence-electron chi connectivity index (χ0n) is 15.2. The van der Waals surface area contributed by atoms with E-state index >= 15 is 0 Å². The maximum absolute atomic E-state index is 12.4. The normalized spacial score (nSPS) is 11.2. The van der Waals surface area contributed by atoms with Gasteiger partial charge in [-0.1, -0.05) is 12.1 Å². The number of hydrogen-bond donors (Lipinski definition) is 3. The second kappa shape index (κ2) is 8.70. The smallest absolute Gasteiger partial charge is 0.338 e. The van der Waals surface area contributed by atoms with E-state index in [4.69, 9.17) is 15.2 Å². The molecule has 1 unspecified atom stereocenters. The van der Waals surface area contributed by atoms with Gasteiger partial charge >= 0.3 is 12.0 Å². The van der Waals surface area contributed by atoms with Gasteiger partial charge in [-0.3, -0.25) is 4.79 Å². The molecule has 0 heterocycles. The molecule has 0 saturated carbocycles. The third-order valence-corrected chi connectivity index (χ3v) is 3.63. The number of urea groups is 1. The fraction of sp³-hybridized carbons (Fsp3) is 0.211. The highest BCUT2D eigenvalue weighted by molar-refractivity contribution is 5.99. The second-order valence-corrected chi connectivity index (χ2v) is 5.81. The number of rotatable bonds is 6. The lowest BCUT2D eigenvalue weighted by atomic mass is 10.2. The summed E-state index contributed by atoms with van der Waals surface area (Å²) >= 11 is 0. The average molecular weight is 371 g/mol. The van der Waals surface area contributed by atoms with Crippen molar-refractivity contribution in [3.63, 3.8) is 0 Å². The van der Waals surface area contributed by atoms with Crippen LogP contribution in [0.5, 0.6) is 5.75 Å². The number of aryl methyl sites for hydroxylation is 1. The summed E-state index contributed by atoms with van der Waals surface area (Å²) < 4.78 is 10.4. The monoisotopic (exact) mass is 371 g/mol. The molecule has 142 valence electrons. The number of carbonyl (C=O) groups excluding carboxylic acids is 3. The van der Waals surface area contributed by atoms with Crippen LogP contribution in [0.15, 0.2) is 42.5 Å². The molecule has 2 aromatic carbocycles. The third-order valence-electron chi connectivity index (χ3n) is 3.63. The van der Waals surface area contributed by atoms with E-state index in [0.29, 0.717) is 17.1 Å². The number of primary amides is 1. The minimum atomic E-state index is -1.05. The van der Waals surface area contributed by atoms with E-state index in [-0.39, 0.29) is 5.56 Å². The van der Waals surface area contributed by atoms with E-state index in [1.165, 1.54) is 26.2 Å². The molecule has 2 rings (SSSR count). The number of esters is 1. The molecule has 0 aliphatic heterocycles. The largest absolute Gasteiger partial charge is 0.495 e. The minimum Gasteiger partial charge on any atom is -0.495 e. The lowest BCUT2D eigenvalue weighted by Gasteiger charge is -2.16. The fourth-order valence-corrected chi connectivity index (χ4v) is 2.30. The molecule has 0 saturated heterocycles. The van der Waals surface area contributed by atoms with Gasteiger partial charge in [-0.15, -0.1) is 0 Å². The number of nitrogens with one attached hydrogen (secondary N) is 2. The lowest BCUT2D eigenvalue weighted by Crippen LogP contribution is -2.30. The molecular weight excluding hydrogens is 350 g/mol. The number of amides is 3. The van der Waals surface area contributed by atoms with E-state index in [2.05, 4.69) is 10.6 Å². The van der Waals surface area contributed by atoms with Crippen LogP contribution in [0.1, 0.15) is 22.8 Å². The van der Waals surface area contributed by atoms with Crippen molar-refractivity contribution < 1.29 is 23.9 Å². The van der Waals surface area contributed by atoms with Crippen LogP contribution in [-0.2, 0) is 9.53 Å². The van der Waals surface area contributed by atoms with E-state index in [1.807, 2.05) is 13.0 Å². The Balaban J connectivity index is 2.05. The number of anilines is 2. The summed E-state index contributed by atoms with van der Waals surface area (Å²) in [6.45, 7) is 3.34. The summed E-state index contributed by atoms with van der Waals surface area (Å²) in [5.74, 6) is -0.710. The Morgan fingerprint density at radius 3 is 2.48 bits per heavy atom. The first-order valence-electron chi connectivity index (χ1n) is 8.13. The molecular formula is C19H21N3O5. The molecule has 0 aliphatic carbocycles. The molecule has 4 N–H and O–H groups in total. The van der Waals surface area contributed by atoms with Crippen molar-refractivity contribution in [2.24, 2.45) is 5.73 Å². The molecule has 0 bridgehead atoms. The van der Waals surface area contributed by atoms with Crippen LogP contribution in [-0.4, -0.2) is 31.1 Å². The van der Waals surface area contributed by atoms with Gasteiger partial charge in [0.15, 0.2) is 6.10 Å². The van der Waals surface area contributed by atoms with E-state index < -0.39 is 24.0 Å². The standard InChI is InChI=1S/C19H21N3O5/c1-11-7-8-16(26-3)15(9-11)22-17(23)12(2)27-18(24)13-5-4-6-14(10-13)21-19(20)25/h4-10,12H,1-3H3,(H,22,23)(H3,20,21,25). The molecule has 1 atom stereocenters. The Bertz CT molecular complexity index is 866. The number of carbonyl (C=O) groups is 3. The first-order valence-corrected chi connectivity index (χ1v) is 8.13. The summed E-state index contributed by atoms with van der Waals surface area (Å²) in [6, 6.07) is 10.6. The Labute approximate surface area is 156 Å². The first kappa shape index (κ1) is 19.8. The van der Waals surface area contributed by atoms with Crippen LogP contribution in [0.2, 0.25) is 0 Å². The number of methoxy groups -OCH3 is 1. The Kier molecular flexibility index (Phi) is 6.37. The summed E-state index contributed by atoms with van der Waals surface area (Å²) in [7, 11) is 1.50. The third kappa shape index (κ3) is 5.46. The van der Waals surface area contributed by atoms with Crippen LogP contribution in [0, 0.1) is 6.92 Å².